The van der Waals surface area contributed by atoms with Gasteiger partial charge in [0, 0.05) is 12.6 Å². The van der Waals surface area contributed by atoms with E-state index in [0.29, 0.717) is 0 Å². The molecule has 0 bridgehead atoms. The first kappa shape index (κ1) is 13.3. The van der Waals surface area contributed by atoms with Gasteiger partial charge in [0.15, 0.2) is 6.04 Å². The number of nitrogens with one attached hydrogen (secondary N) is 1. The number of aliphatic hydroxyl groups is 1. The second-order valence-electron chi connectivity index (χ2n) is 3.86. The molecule has 7 nitrogen and oxygen atoms in total. The Balaban J connectivity index is 2.52. The van der Waals surface area contributed by atoms with E-state index in [1.807, 2.05) is 6.07 Å². The highest BCUT2D eigenvalue weighted by atomic mass is 16.4. The molecule has 3 N–H and O–H groups in total. The van der Waals surface area contributed by atoms with Crippen LogP contribution in [-0.2, 0) is 4.79 Å². The summed E-state index contributed by atoms with van der Waals surface area (Å²) in [6.45, 7) is -0.372. The largest absolute Gasteiger partial charge is 0.480 e. The fraction of sp³-hybridized carbons (Fsp3) is 0.700. The van der Waals surface area contributed by atoms with Crippen LogP contribution in [0, 0.1) is 11.3 Å². The van der Waals surface area contributed by atoms with E-state index in [1.54, 1.807) is 0 Å². The molecule has 17 heavy (non-hydrogen) atoms. The van der Waals surface area contributed by atoms with Gasteiger partial charge in [-0.25, -0.2) is 9.59 Å². The number of nitriles is 1. The highest BCUT2D eigenvalue weighted by molar-refractivity contribution is 5.83. The lowest BCUT2D eigenvalue weighted by atomic mass is 10.3. The molecule has 1 aliphatic rings. The quantitative estimate of drug-likeness (QED) is 0.581. The minimum atomic E-state index is -1.30. The summed E-state index contributed by atoms with van der Waals surface area (Å²) in [6.07, 6.45) is 1.95. The fourth-order valence-electron chi connectivity index (χ4n) is 1.42. The molecule has 94 valence electrons. The van der Waals surface area contributed by atoms with Crippen molar-refractivity contribution in [3.63, 3.8) is 0 Å². The van der Waals surface area contributed by atoms with E-state index in [1.165, 1.54) is 4.90 Å². The van der Waals surface area contributed by atoms with Gasteiger partial charge in [-0.05, 0) is 12.8 Å². The van der Waals surface area contributed by atoms with Crippen molar-refractivity contribution in [2.24, 2.45) is 0 Å². The average molecular weight is 241 g/mol. The van der Waals surface area contributed by atoms with Crippen LogP contribution in [0.1, 0.15) is 19.3 Å². The van der Waals surface area contributed by atoms with Crippen LogP contribution in [0.3, 0.4) is 0 Å². The van der Waals surface area contributed by atoms with E-state index >= 15 is 0 Å². The number of hydrogen-bond acceptors (Lipinski definition) is 4. The second kappa shape index (κ2) is 6.06. The summed E-state index contributed by atoms with van der Waals surface area (Å²) < 4.78 is 0. The molecule has 0 aromatic carbocycles. The van der Waals surface area contributed by atoms with E-state index in [0.717, 1.165) is 12.8 Å². The van der Waals surface area contributed by atoms with Gasteiger partial charge >= 0.3 is 12.0 Å². The van der Waals surface area contributed by atoms with Crippen LogP contribution in [0.5, 0.6) is 0 Å². The lowest BCUT2D eigenvalue weighted by Gasteiger charge is -2.23. The molecule has 0 spiro atoms. The molecule has 0 heterocycles. The van der Waals surface area contributed by atoms with Gasteiger partial charge in [0.25, 0.3) is 0 Å². The maximum atomic E-state index is 11.7. The van der Waals surface area contributed by atoms with E-state index in [2.05, 4.69) is 5.32 Å². The topological polar surface area (TPSA) is 114 Å². The number of hydrogen-bond donors (Lipinski definition) is 3. The van der Waals surface area contributed by atoms with Crippen LogP contribution in [0.15, 0.2) is 0 Å². The Hall–Kier alpha value is -1.81. The van der Waals surface area contributed by atoms with Crippen LogP contribution < -0.4 is 5.32 Å². The zero-order valence-corrected chi connectivity index (χ0v) is 9.30. The van der Waals surface area contributed by atoms with Gasteiger partial charge in [0.2, 0.25) is 0 Å². The molecule has 0 aliphatic heterocycles. The number of urea groups is 1. The van der Waals surface area contributed by atoms with Crippen molar-refractivity contribution >= 4 is 12.0 Å². The third-order valence-corrected chi connectivity index (χ3v) is 2.49. The summed E-state index contributed by atoms with van der Waals surface area (Å²) in [5, 5.41) is 28.2. The normalized spacial score (nSPS) is 15.8. The molecule has 1 aliphatic carbocycles. The molecule has 0 saturated heterocycles. The summed E-state index contributed by atoms with van der Waals surface area (Å²) in [7, 11) is 0. The molecular formula is C10H15N3O4. The smallest absolute Gasteiger partial charge is 0.328 e. The molecule has 1 fully saturated rings. The number of aliphatic carboxylic acids is 1. The molecule has 1 rings (SSSR count). The number of carbonyl (C=O) groups excluding carboxylic acids is 1. The van der Waals surface area contributed by atoms with Crippen molar-refractivity contribution in [2.45, 2.75) is 31.3 Å². The minimum Gasteiger partial charge on any atom is -0.480 e. The number of aliphatic hydroxyl groups excluding tert-OH is 1. The van der Waals surface area contributed by atoms with Gasteiger partial charge in [-0.1, -0.05) is 0 Å². The monoisotopic (exact) mass is 241 g/mol. The van der Waals surface area contributed by atoms with Crippen molar-refractivity contribution in [2.75, 3.05) is 13.2 Å². The number of amides is 2. The summed E-state index contributed by atoms with van der Waals surface area (Å²) in [5.74, 6) is -1.28. The molecular weight excluding hydrogens is 226 g/mol. The summed E-state index contributed by atoms with van der Waals surface area (Å²) >= 11 is 0. The molecule has 7 heteroatoms. The summed E-state index contributed by atoms with van der Waals surface area (Å²) in [5.41, 5.74) is 0. The third kappa shape index (κ3) is 3.92. The number of carbonyl (C=O) groups is 2. The third-order valence-electron chi connectivity index (χ3n) is 2.49. The second-order valence-corrected chi connectivity index (χ2v) is 3.86. The van der Waals surface area contributed by atoms with E-state index in [9.17, 15) is 9.59 Å². The van der Waals surface area contributed by atoms with Crippen molar-refractivity contribution < 1.29 is 19.8 Å². The number of carboxylic acids is 1. The van der Waals surface area contributed by atoms with Crippen molar-refractivity contribution in [1.29, 1.82) is 5.26 Å². The summed E-state index contributed by atoms with van der Waals surface area (Å²) in [6, 6.07) is 0.194. The van der Waals surface area contributed by atoms with Crippen molar-refractivity contribution in [1.82, 2.24) is 10.2 Å². The number of carboxylic acid groups (broad SMARTS) is 1. The van der Waals surface area contributed by atoms with Gasteiger partial charge in [-0.3, -0.25) is 0 Å². The minimum absolute atomic E-state index is 0.0940. The Morgan fingerprint density at radius 1 is 1.53 bits per heavy atom. The Labute approximate surface area is 98.6 Å². The average Bonchev–Trinajstić information content (AvgIpc) is 3.10. The Morgan fingerprint density at radius 2 is 2.18 bits per heavy atom. The van der Waals surface area contributed by atoms with Crippen LogP contribution in [-0.4, -0.2) is 52.3 Å². The Morgan fingerprint density at radius 3 is 2.59 bits per heavy atom. The molecule has 0 unspecified atom stereocenters. The first-order chi connectivity index (χ1) is 8.10. The van der Waals surface area contributed by atoms with Crippen molar-refractivity contribution in [3.8, 4) is 6.07 Å². The highest BCUT2D eigenvalue weighted by Gasteiger charge is 2.33. The molecule has 0 radical (unpaired) electrons. The number of nitrogens with zero attached hydrogens (tertiary/aromatic N) is 2. The van der Waals surface area contributed by atoms with E-state index in [-0.39, 0.29) is 19.0 Å². The Bertz CT molecular complexity index is 335. The Kier molecular flexibility index (Phi) is 4.72. The van der Waals surface area contributed by atoms with E-state index in [4.69, 9.17) is 15.5 Å². The van der Waals surface area contributed by atoms with Crippen molar-refractivity contribution in [3.05, 3.63) is 0 Å². The zero-order chi connectivity index (χ0) is 12.8. The highest BCUT2D eigenvalue weighted by Crippen LogP contribution is 2.26. The zero-order valence-electron chi connectivity index (χ0n) is 9.30. The first-order valence-electron chi connectivity index (χ1n) is 5.38. The molecule has 0 aromatic rings. The van der Waals surface area contributed by atoms with Gasteiger partial charge in [0.05, 0.1) is 19.1 Å². The molecule has 2 amide bonds. The predicted octanol–water partition coefficient (Wildman–Crippen LogP) is -0.480. The van der Waals surface area contributed by atoms with Gasteiger partial charge in [0.1, 0.15) is 0 Å². The number of rotatable bonds is 6. The standard InChI is InChI=1S/C10H15N3O4/c11-4-1-5-13(7-2-3-7)10(17)12-8(6-14)9(15)16/h7-8,14H,1-3,5-6H2,(H,12,17)(H,15,16)/t8-/m1/s1. The van der Waals surface area contributed by atoms with Crippen LogP contribution >= 0.6 is 0 Å². The molecule has 1 atom stereocenters. The molecule has 0 aromatic heterocycles. The fourth-order valence-corrected chi connectivity index (χ4v) is 1.42. The van der Waals surface area contributed by atoms with Crippen LogP contribution in [0.25, 0.3) is 0 Å². The first-order valence-corrected chi connectivity index (χ1v) is 5.38. The van der Waals surface area contributed by atoms with Crippen LogP contribution in [0.2, 0.25) is 0 Å². The lowest BCUT2D eigenvalue weighted by molar-refractivity contribution is -0.140. The van der Waals surface area contributed by atoms with Gasteiger partial charge < -0.3 is 20.4 Å². The SMILES string of the molecule is N#CCCN(C(=O)N[C@H](CO)C(=O)O)C1CC1. The van der Waals surface area contributed by atoms with Gasteiger partial charge in [-0.15, -0.1) is 0 Å². The maximum absolute atomic E-state index is 11.7. The van der Waals surface area contributed by atoms with Gasteiger partial charge in [-0.2, -0.15) is 5.26 Å². The van der Waals surface area contributed by atoms with Crippen LogP contribution in [0.4, 0.5) is 4.79 Å². The van der Waals surface area contributed by atoms with E-state index < -0.39 is 24.6 Å². The predicted molar refractivity (Wildman–Crippen MR) is 57.0 cm³/mol. The summed E-state index contributed by atoms with van der Waals surface area (Å²) in [4.78, 5) is 23.8. The lowest BCUT2D eigenvalue weighted by Crippen LogP contribution is -2.50. The maximum Gasteiger partial charge on any atom is 0.328 e. The molecule has 1 saturated carbocycles.